The van der Waals surface area contributed by atoms with Gasteiger partial charge in [-0.05, 0) is 88.6 Å². The van der Waals surface area contributed by atoms with Gasteiger partial charge >= 0.3 is 7.82 Å². The molecule has 17 nitrogen and oxygen atoms in total. The number of nitrogens with zero attached hydrogens (tertiary/aromatic N) is 7. The number of aromatic nitrogens is 4. The van der Waals surface area contributed by atoms with E-state index < -0.39 is 19.5 Å². The van der Waals surface area contributed by atoms with E-state index in [-0.39, 0.29) is 35.3 Å². The highest BCUT2D eigenvalue weighted by atomic mass is 31.2. The van der Waals surface area contributed by atoms with Crippen molar-refractivity contribution in [2.75, 3.05) is 48.3 Å². The summed E-state index contributed by atoms with van der Waals surface area (Å²) in [5, 5.41) is 15.3. The number of nitrogens with two attached hydrogens (primary N) is 1. The summed E-state index contributed by atoms with van der Waals surface area (Å²) in [5.41, 5.74) is 9.14. The molecular formula is C40H48N9O8P. The minimum Gasteiger partial charge on any atom is -0.489 e. The van der Waals surface area contributed by atoms with E-state index in [1.807, 2.05) is 12.1 Å². The van der Waals surface area contributed by atoms with E-state index in [1.54, 1.807) is 62.3 Å². The second-order valence-electron chi connectivity index (χ2n) is 16.1. The molecule has 1 unspecified atom stereocenters. The molecule has 1 saturated carbocycles. The number of nitrogen functional groups attached to an aromatic ring is 1. The average molecular weight is 814 g/mol. The molecule has 18 heteroatoms. The number of nitrogens with one attached hydrogen (secondary N) is 1. The summed E-state index contributed by atoms with van der Waals surface area (Å²) in [6.45, 7) is 7.52. The van der Waals surface area contributed by atoms with Gasteiger partial charge in [-0.25, -0.2) is 9.25 Å². The summed E-state index contributed by atoms with van der Waals surface area (Å²) in [6.07, 6.45) is 7.95. The lowest BCUT2D eigenvalue weighted by molar-refractivity contribution is -0.134. The molecule has 2 atom stereocenters. The van der Waals surface area contributed by atoms with Crippen LogP contribution in [0, 0.1) is 0 Å². The predicted molar refractivity (Wildman–Crippen MR) is 215 cm³/mol. The number of hydrogen-bond donors (Lipinski definition) is 3. The molecule has 3 amide bonds. The van der Waals surface area contributed by atoms with Crippen molar-refractivity contribution in [3.63, 3.8) is 0 Å². The van der Waals surface area contributed by atoms with Gasteiger partial charge in [-0.1, -0.05) is 24.3 Å². The van der Waals surface area contributed by atoms with Crippen LogP contribution in [0.25, 0.3) is 16.9 Å². The minimum absolute atomic E-state index is 0.0227. The summed E-state index contributed by atoms with van der Waals surface area (Å²) >= 11 is 0. The lowest BCUT2D eigenvalue weighted by atomic mass is 9.80. The van der Waals surface area contributed by atoms with Crippen molar-refractivity contribution in [3.8, 4) is 28.4 Å². The lowest BCUT2D eigenvalue weighted by Gasteiger charge is -2.42. The molecule has 3 fully saturated rings. The Labute approximate surface area is 336 Å². The average Bonchev–Trinajstić information content (AvgIpc) is 3.67. The molecule has 4 aliphatic rings. The highest BCUT2D eigenvalue weighted by molar-refractivity contribution is 7.47. The Bertz CT molecular complexity index is 2270. The van der Waals surface area contributed by atoms with Crippen molar-refractivity contribution in [3.05, 3.63) is 66.5 Å². The monoisotopic (exact) mass is 813 g/mol. The Hall–Kier alpha value is -5.35. The Morgan fingerprint density at radius 3 is 2.52 bits per heavy atom. The summed E-state index contributed by atoms with van der Waals surface area (Å²) in [6, 6.07) is 14.3. The van der Waals surface area contributed by atoms with E-state index in [4.69, 9.17) is 19.5 Å². The van der Waals surface area contributed by atoms with Crippen LogP contribution in [0.5, 0.6) is 11.5 Å². The van der Waals surface area contributed by atoms with E-state index in [0.29, 0.717) is 74.2 Å². The van der Waals surface area contributed by atoms with Crippen molar-refractivity contribution < 1.29 is 37.6 Å². The van der Waals surface area contributed by atoms with Crippen molar-refractivity contribution in [1.29, 1.82) is 0 Å². The van der Waals surface area contributed by atoms with Crippen molar-refractivity contribution in [2.24, 2.45) is 0 Å². The third-order valence-corrected chi connectivity index (χ3v) is 12.3. The molecule has 2 aromatic carbocycles. The molecule has 4 aromatic rings. The van der Waals surface area contributed by atoms with Gasteiger partial charge in [-0.3, -0.25) is 34.0 Å². The first-order valence-electron chi connectivity index (χ1n) is 19.6. The molecular weight excluding hydrogens is 765 g/mol. The van der Waals surface area contributed by atoms with Crippen LogP contribution in [0.2, 0.25) is 0 Å². The molecule has 4 N–H and O–H groups in total. The smallest absolute Gasteiger partial charge is 0.489 e. The van der Waals surface area contributed by atoms with Crippen molar-refractivity contribution >= 4 is 42.7 Å². The van der Waals surface area contributed by atoms with Gasteiger partial charge in [-0.2, -0.15) is 5.10 Å². The van der Waals surface area contributed by atoms with E-state index in [1.165, 1.54) is 10.7 Å². The van der Waals surface area contributed by atoms with Crippen molar-refractivity contribution in [1.82, 2.24) is 30.2 Å². The Morgan fingerprint density at radius 2 is 1.76 bits per heavy atom. The maximum atomic E-state index is 13.7. The number of imide groups is 1. The molecule has 3 aliphatic heterocycles. The first-order valence-corrected chi connectivity index (χ1v) is 21.1. The number of piperazine rings is 1. The number of benzene rings is 2. The van der Waals surface area contributed by atoms with Crippen LogP contribution >= 0.6 is 7.82 Å². The molecule has 5 heterocycles. The fraction of sp³-hybridized carbons (Fsp3) is 0.450. The number of para-hydroxylation sites is 2. The number of fused-ring (bicyclic) bond motifs is 1. The van der Waals surface area contributed by atoms with Gasteiger partial charge in [0.1, 0.15) is 29.8 Å². The molecule has 0 spiro atoms. The predicted octanol–water partition coefficient (Wildman–Crippen LogP) is 4.58. The van der Waals surface area contributed by atoms with Crippen LogP contribution in [-0.4, -0.2) is 98.0 Å². The summed E-state index contributed by atoms with van der Waals surface area (Å²) < 4.78 is 31.3. The van der Waals surface area contributed by atoms with Crippen LogP contribution in [0.4, 0.5) is 17.2 Å². The summed E-state index contributed by atoms with van der Waals surface area (Å²) in [5.74, 6) is 0.813. The van der Waals surface area contributed by atoms with Crippen LogP contribution in [-0.2, 0) is 23.5 Å². The number of carbonyl (C=O) groups is 3. The van der Waals surface area contributed by atoms with E-state index in [0.717, 1.165) is 42.7 Å². The number of amides is 3. The zero-order valence-electron chi connectivity index (χ0n) is 32.7. The number of hydrogen-bond acceptors (Lipinski definition) is 13. The van der Waals surface area contributed by atoms with Gasteiger partial charge in [0.05, 0.1) is 48.2 Å². The first kappa shape index (κ1) is 39.5. The second kappa shape index (κ2) is 15.8. The number of phosphoric acid groups is 1. The summed E-state index contributed by atoms with van der Waals surface area (Å²) in [4.78, 5) is 54.7. The second-order valence-corrected chi connectivity index (χ2v) is 17.4. The molecule has 1 aliphatic carbocycles. The van der Waals surface area contributed by atoms with Crippen LogP contribution < -0.4 is 30.1 Å². The van der Waals surface area contributed by atoms with Gasteiger partial charge < -0.3 is 24.8 Å². The maximum absolute atomic E-state index is 13.7. The fourth-order valence-corrected chi connectivity index (χ4v) is 9.62. The number of phosphoric ester groups is 1. The SMILES string of the molecule is CC(C)(C)OP(=O)(O)Oc1ccccc1-c1cc(-n2cc(N3CCN(C4CCC(c5cccc6c5OCCN6[C@H]5CCC(=O)NC5=O)CC4)CC3=O)cn2)c(N)nn1. The van der Waals surface area contributed by atoms with Gasteiger partial charge in [-0.15, -0.1) is 10.2 Å². The van der Waals surface area contributed by atoms with Crippen LogP contribution in [0.3, 0.4) is 0 Å². The highest BCUT2D eigenvalue weighted by Gasteiger charge is 2.38. The van der Waals surface area contributed by atoms with E-state index >= 15 is 0 Å². The number of ether oxygens (including phenoxy) is 1. The lowest BCUT2D eigenvalue weighted by Crippen LogP contribution is -2.54. The number of carbonyl (C=O) groups excluding carboxylic acids is 3. The largest absolute Gasteiger partial charge is 0.527 e. The number of rotatable bonds is 9. The van der Waals surface area contributed by atoms with Gasteiger partial charge in [0.15, 0.2) is 5.82 Å². The third-order valence-electron chi connectivity index (χ3n) is 11.1. The normalized spacial score (nSPS) is 22.8. The highest BCUT2D eigenvalue weighted by Crippen LogP contribution is 2.50. The zero-order chi connectivity index (χ0) is 40.8. The molecule has 306 valence electrons. The zero-order valence-corrected chi connectivity index (χ0v) is 33.6. The van der Waals surface area contributed by atoms with E-state index in [2.05, 4.69) is 36.5 Å². The Kier molecular flexibility index (Phi) is 10.7. The maximum Gasteiger partial charge on any atom is 0.527 e. The molecule has 2 aromatic heterocycles. The number of piperidine rings is 1. The quantitative estimate of drug-likeness (QED) is 0.156. The van der Waals surface area contributed by atoms with Crippen LogP contribution in [0.1, 0.15) is 70.8 Å². The molecule has 0 bridgehead atoms. The van der Waals surface area contributed by atoms with Gasteiger partial charge in [0.2, 0.25) is 17.7 Å². The molecule has 2 saturated heterocycles. The molecule has 0 radical (unpaired) electrons. The van der Waals surface area contributed by atoms with Crippen LogP contribution in [0.15, 0.2) is 60.9 Å². The van der Waals surface area contributed by atoms with E-state index in [9.17, 15) is 23.8 Å². The van der Waals surface area contributed by atoms with Gasteiger partial charge in [0.25, 0.3) is 0 Å². The first-order chi connectivity index (χ1) is 27.7. The Morgan fingerprint density at radius 1 is 0.966 bits per heavy atom. The molecule has 58 heavy (non-hydrogen) atoms. The molecule has 8 rings (SSSR count). The minimum atomic E-state index is -4.48. The van der Waals surface area contributed by atoms with Crippen molar-refractivity contribution in [2.45, 2.75) is 82.9 Å². The Balaban J connectivity index is 0.905. The fourth-order valence-electron chi connectivity index (χ4n) is 8.48. The standard InChI is InChI=1S/C40H48N9O8P/c1-40(2,3)57-58(53,54)56-34-10-5-4-7-29(34)30-21-33(38(41)45-44-30)49-23-27(22-42-49)47-18-17-46(24-36(47)51)26-13-11-25(12-14-26)28-8-6-9-31-37(28)55-20-19-48(31)32-15-16-35(50)43-39(32)52/h4-10,21-23,25-26,32H,11-20,24H2,1-3H3,(H2,41,45)(H,53,54)(H,43,50,52)/t25?,26?,32-/m0/s1. The summed E-state index contributed by atoms with van der Waals surface area (Å²) in [7, 11) is -4.48. The topological polar surface area (TPSA) is 208 Å². The third kappa shape index (κ3) is 8.30. The van der Waals surface area contributed by atoms with Gasteiger partial charge in [0, 0.05) is 31.1 Å². The number of anilines is 3.